The zero-order valence-electron chi connectivity index (χ0n) is 10.2. The van der Waals surface area contributed by atoms with Crippen LogP contribution < -0.4 is 5.32 Å². The smallest absolute Gasteiger partial charge is 0.147 e. The summed E-state index contributed by atoms with van der Waals surface area (Å²) in [6.45, 7) is 4.55. The molecule has 0 aliphatic carbocycles. The average molecular weight is 249 g/mol. The molecule has 16 heavy (non-hydrogen) atoms. The van der Waals surface area contributed by atoms with Gasteiger partial charge in [-0.3, -0.25) is 0 Å². The molecule has 0 spiro atoms. The highest BCUT2D eigenvalue weighted by molar-refractivity contribution is 7.90. The van der Waals surface area contributed by atoms with E-state index in [0.717, 1.165) is 32.6 Å². The van der Waals surface area contributed by atoms with Crippen LogP contribution in [0.4, 0.5) is 0 Å². The fourth-order valence-electron chi connectivity index (χ4n) is 2.19. The maximum atomic E-state index is 11.2. The van der Waals surface area contributed by atoms with Crippen LogP contribution in [0.25, 0.3) is 0 Å². The summed E-state index contributed by atoms with van der Waals surface area (Å²) < 4.78 is 27.8. The Bertz CT molecular complexity index is 284. The Morgan fingerprint density at radius 2 is 2.25 bits per heavy atom. The van der Waals surface area contributed by atoms with Crippen LogP contribution in [0.1, 0.15) is 26.2 Å². The molecule has 1 rings (SSSR count). The van der Waals surface area contributed by atoms with Crippen LogP contribution in [0.5, 0.6) is 0 Å². The van der Waals surface area contributed by atoms with E-state index in [1.807, 2.05) is 0 Å². The van der Waals surface area contributed by atoms with Crippen molar-refractivity contribution in [1.29, 1.82) is 0 Å². The van der Waals surface area contributed by atoms with Crippen LogP contribution in [-0.4, -0.2) is 46.2 Å². The van der Waals surface area contributed by atoms with Gasteiger partial charge in [-0.15, -0.1) is 0 Å². The predicted molar refractivity (Wildman–Crippen MR) is 65.3 cm³/mol. The highest BCUT2D eigenvalue weighted by Gasteiger charge is 2.24. The summed E-state index contributed by atoms with van der Waals surface area (Å²) in [6, 6.07) is 0.278. The molecule has 0 radical (unpaired) electrons. The third kappa shape index (κ3) is 5.27. The molecule has 96 valence electrons. The summed E-state index contributed by atoms with van der Waals surface area (Å²) >= 11 is 0. The summed E-state index contributed by atoms with van der Waals surface area (Å²) in [5.41, 5.74) is 0. The predicted octanol–water partition coefficient (Wildman–Crippen LogP) is 0.826. The molecule has 2 unspecified atom stereocenters. The van der Waals surface area contributed by atoms with Crippen molar-refractivity contribution in [1.82, 2.24) is 5.32 Å². The molecule has 5 heteroatoms. The minimum absolute atomic E-state index is 0.265. The van der Waals surface area contributed by atoms with Gasteiger partial charge in [0.1, 0.15) is 9.84 Å². The van der Waals surface area contributed by atoms with Crippen molar-refractivity contribution >= 4 is 9.84 Å². The largest absolute Gasteiger partial charge is 0.381 e. The first-order chi connectivity index (χ1) is 7.53. The van der Waals surface area contributed by atoms with Gasteiger partial charge < -0.3 is 10.1 Å². The van der Waals surface area contributed by atoms with Gasteiger partial charge in [0.05, 0.1) is 12.4 Å². The number of rotatable bonds is 6. The summed E-state index contributed by atoms with van der Waals surface area (Å²) in [7, 11) is -2.86. The Morgan fingerprint density at radius 3 is 2.75 bits per heavy atom. The van der Waals surface area contributed by atoms with E-state index in [1.54, 1.807) is 0 Å². The molecule has 0 saturated carbocycles. The van der Waals surface area contributed by atoms with Gasteiger partial charge in [-0.05, 0) is 31.7 Å². The lowest BCUT2D eigenvalue weighted by Crippen LogP contribution is -2.41. The normalized spacial score (nSPS) is 24.2. The lowest BCUT2D eigenvalue weighted by atomic mass is 9.92. The molecule has 1 aliphatic heterocycles. The third-order valence-electron chi connectivity index (χ3n) is 3.03. The number of nitrogens with one attached hydrogen (secondary N) is 1. The topological polar surface area (TPSA) is 55.4 Å². The van der Waals surface area contributed by atoms with Crippen molar-refractivity contribution in [3.05, 3.63) is 0 Å². The molecule has 0 aromatic rings. The first-order valence-electron chi connectivity index (χ1n) is 6.02. The highest BCUT2D eigenvalue weighted by Crippen LogP contribution is 2.19. The minimum Gasteiger partial charge on any atom is -0.381 e. The van der Waals surface area contributed by atoms with Gasteiger partial charge in [0, 0.05) is 18.9 Å². The van der Waals surface area contributed by atoms with Crippen LogP contribution in [0.15, 0.2) is 0 Å². The molecule has 0 amide bonds. The van der Waals surface area contributed by atoms with E-state index >= 15 is 0 Å². The average Bonchev–Trinajstić information content (AvgIpc) is 2.24. The molecule has 4 nitrogen and oxygen atoms in total. The van der Waals surface area contributed by atoms with E-state index in [1.165, 1.54) is 6.26 Å². The van der Waals surface area contributed by atoms with Gasteiger partial charge in [0.25, 0.3) is 0 Å². The molecule has 1 heterocycles. The summed E-state index contributed by atoms with van der Waals surface area (Å²) in [5.74, 6) is 0.733. The standard InChI is InChI=1S/C11H23NO3S/c1-3-12-11(6-8-16(2,13)14)10-5-4-7-15-9-10/h10-12H,3-9H2,1-2H3. The Labute approximate surface area is 98.7 Å². The lowest BCUT2D eigenvalue weighted by molar-refractivity contribution is 0.0391. The zero-order chi connectivity index (χ0) is 12.0. The zero-order valence-corrected chi connectivity index (χ0v) is 11.1. The molecular formula is C11H23NO3S. The van der Waals surface area contributed by atoms with Gasteiger partial charge in [-0.2, -0.15) is 0 Å². The van der Waals surface area contributed by atoms with Crippen LogP contribution >= 0.6 is 0 Å². The van der Waals surface area contributed by atoms with E-state index in [2.05, 4.69) is 12.2 Å². The van der Waals surface area contributed by atoms with Crippen LogP contribution in [0, 0.1) is 5.92 Å². The Balaban J connectivity index is 2.45. The van der Waals surface area contributed by atoms with E-state index in [0.29, 0.717) is 12.3 Å². The highest BCUT2D eigenvalue weighted by atomic mass is 32.2. The molecule has 1 saturated heterocycles. The van der Waals surface area contributed by atoms with Gasteiger partial charge in [-0.25, -0.2) is 8.42 Å². The second-order valence-electron chi connectivity index (χ2n) is 4.56. The third-order valence-corrected chi connectivity index (χ3v) is 4.01. The number of sulfone groups is 1. The monoisotopic (exact) mass is 249 g/mol. The second-order valence-corrected chi connectivity index (χ2v) is 6.82. The first-order valence-corrected chi connectivity index (χ1v) is 8.08. The second kappa shape index (κ2) is 6.57. The van der Waals surface area contributed by atoms with Crippen LogP contribution in [-0.2, 0) is 14.6 Å². The lowest BCUT2D eigenvalue weighted by Gasteiger charge is -2.30. The first kappa shape index (κ1) is 13.9. The molecule has 0 aromatic heterocycles. The molecule has 1 N–H and O–H groups in total. The van der Waals surface area contributed by atoms with Crippen molar-refractivity contribution in [3.8, 4) is 0 Å². The summed E-state index contributed by atoms with van der Waals surface area (Å²) in [4.78, 5) is 0. The van der Waals surface area contributed by atoms with Crippen molar-refractivity contribution < 1.29 is 13.2 Å². The van der Waals surface area contributed by atoms with E-state index in [4.69, 9.17) is 4.74 Å². The van der Waals surface area contributed by atoms with Crippen molar-refractivity contribution in [2.45, 2.75) is 32.2 Å². The molecular weight excluding hydrogens is 226 g/mol. The fourth-order valence-corrected chi connectivity index (χ4v) is 2.87. The molecule has 0 aromatic carbocycles. The van der Waals surface area contributed by atoms with Gasteiger partial charge in [0.2, 0.25) is 0 Å². The molecule has 0 bridgehead atoms. The summed E-state index contributed by atoms with van der Waals surface area (Å²) in [5, 5.41) is 3.38. The van der Waals surface area contributed by atoms with Gasteiger partial charge >= 0.3 is 0 Å². The van der Waals surface area contributed by atoms with Gasteiger partial charge in [-0.1, -0.05) is 6.92 Å². The Morgan fingerprint density at radius 1 is 1.50 bits per heavy atom. The quantitative estimate of drug-likeness (QED) is 0.757. The maximum Gasteiger partial charge on any atom is 0.147 e. The SMILES string of the molecule is CCNC(CCS(C)(=O)=O)C1CCCOC1. The van der Waals surface area contributed by atoms with Gasteiger partial charge in [0.15, 0.2) is 0 Å². The van der Waals surface area contributed by atoms with Crippen LogP contribution in [0.2, 0.25) is 0 Å². The summed E-state index contributed by atoms with van der Waals surface area (Å²) in [6.07, 6.45) is 4.22. The van der Waals surface area contributed by atoms with Crippen molar-refractivity contribution in [2.75, 3.05) is 31.8 Å². The van der Waals surface area contributed by atoms with Crippen LogP contribution in [0.3, 0.4) is 0 Å². The number of hydrogen-bond acceptors (Lipinski definition) is 4. The molecule has 2 atom stereocenters. The van der Waals surface area contributed by atoms with E-state index in [9.17, 15) is 8.42 Å². The number of hydrogen-bond donors (Lipinski definition) is 1. The van der Waals surface area contributed by atoms with Crippen molar-refractivity contribution in [3.63, 3.8) is 0 Å². The molecule has 1 fully saturated rings. The molecule has 1 aliphatic rings. The Kier molecular flexibility index (Phi) is 5.72. The minimum atomic E-state index is -2.86. The van der Waals surface area contributed by atoms with E-state index in [-0.39, 0.29) is 11.8 Å². The van der Waals surface area contributed by atoms with E-state index < -0.39 is 9.84 Å². The Hall–Kier alpha value is -0.130. The van der Waals surface area contributed by atoms with Crippen molar-refractivity contribution in [2.24, 2.45) is 5.92 Å². The fraction of sp³-hybridized carbons (Fsp3) is 1.00. The number of ether oxygens (including phenoxy) is 1. The maximum absolute atomic E-state index is 11.2.